The lowest BCUT2D eigenvalue weighted by Gasteiger charge is -2.20. The van der Waals surface area contributed by atoms with E-state index in [1.54, 1.807) is 115 Å². The molecule has 4 amide bonds. The first-order chi connectivity index (χ1) is 36.5. The Morgan fingerprint density at radius 3 is 2.49 bits per heavy atom. The predicted molar refractivity (Wildman–Crippen MR) is 289 cm³/mol. The summed E-state index contributed by atoms with van der Waals surface area (Å²) in [5, 5.41) is 12.3. The van der Waals surface area contributed by atoms with E-state index in [1.165, 1.54) is 15.2 Å². The minimum Gasteiger partial charge on any atom is -0.493 e. The number of carbonyl (C=O) groups is 7. The first kappa shape index (κ1) is 53.6. The number of esters is 1. The van der Waals surface area contributed by atoms with E-state index in [0.29, 0.717) is 76.3 Å². The van der Waals surface area contributed by atoms with Gasteiger partial charge in [0, 0.05) is 94.6 Å². The molecule has 6 aromatic rings. The number of hydrogen-bond acceptors (Lipinski definition) is 12. The standard InChI is InChI=1S/C56H63N11O9/c1-8-19-76-51(70)26-38(12-9-10-17-57-4)53(71)59-39-14-15-44-37(25-39)16-18-66(44)56(74)46-27-40(32-64(46)6)60-54(72)45-23-36(31-63(45)5)24-47(68)52-62-49(33-65(52)7)61-50(69)13-11-20-75-48-28-43-42(22-35(48)3)55(73)67-30-34(2)21-41(67)29-58-43/h8,14-16,18,22-23,25,27-29,31-33,38,41,57H,1-2,9-13,17,19-21,24,26,30H2,3-7H3,(H,59,71)(H,60,72)(H,61,69)/t38-,41+/m1/s1. The van der Waals surface area contributed by atoms with Crippen LogP contribution in [0.4, 0.5) is 22.9 Å². The number of amides is 4. The number of nitrogens with one attached hydrogen (secondary N) is 4. The van der Waals surface area contributed by atoms with Crippen LogP contribution in [0.5, 0.6) is 5.75 Å². The van der Waals surface area contributed by atoms with Crippen LogP contribution >= 0.6 is 0 Å². The Morgan fingerprint density at radius 2 is 1.70 bits per heavy atom. The minimum absolute atomic E-state index is 0.0584. The van der Waals surface area contributed by atoms with Crippen LogP contribution < -0.4 is 26.0 Å². The third-order valence-electron chi connectivity index (χ3n) is 13.4. The number of aromatic nitrogens is 5. The number of benzene rings is 2. The molecule has 20 heteroatoms. The Hall–Kier alpha value is -8.65. The number of nitrogens with zero attached hydrogens (tertiary/aromatic N) is 7. The highest BCUT2D eigenvalue weighted by Gasteiger charge is 2.34. The van der Waals surface area contributed by atoms with Crippen molar-refractivity contribution in [3.8, 4) is 5.75 Å². The highest BCUT2D eigenvalue weighted by atomic mass is 16.5. The number of unbranched alkanes of at least 4 members (excludes halogenated alkanes) is 1. The van der Waals surface area contributed by atoms with Crippen molar-refractivity contribution in [1.82, 2.24) is 33.5 Å². The molecule has 0 radical (unpaired) electrons. The van der Waals surface area contributed by atoms with Crippen LogP contribution in [0.25, 0.3) is 10.9 Å². The number of hydrogen-bond donors (Lipinski definition) is 4. The van der Waals surface area contributed by atoms with Gasteiger partial charge < -0.3 is 49.3 Å². The monoisotopic (exact) mass is 1030 g/mol. The summed E-state index contributed by atoms with van der Waals surface area (Å²) >= 11 is 0. The molecular formula is C56H63N11O9. The Balaban J connectivity index is 0.821. The molecule has 1 fully saturated rings. The third kappa shape index (κ3) is 12.5. The Labute approximate surface area is 439 Å². The summed E-state index contributed by atoms with van der Waals surface area (Å²) < 4.78 is 17.4. The van der Waals surface area contributed by atoms with Gasteiger partial charge in [-0.1, -0.05) is 31.2 Å². The van der Waals surface area contributed by atoms with E-state index in [4.69, 9.17) is 9.47 Å². The van der Waals surface area contributed by atoms with Gasteiger partial charge >= 0.3 is 5.97 Å². The molecule has 1 saturated heterocycles. The van der Waals surface area contributed by atoms with Crippen LogP contribution in [0, 0.1) is 12.8 Å². The predicted octanol–water partition coefficient (Wildman–Crippen LogP) is 7.07. The van der Waals surface area contributed by atoms with Crippen molar-refractivity contribution in [2.45, 2.75) is 64.3 Å². The van der Waals surface area contributed by atoms with Crippen molar-refractivity contribution >= 4 is 81.3 Å². The summed E-state index contributed by atoms with van der Waals surface area (Å²) in [4.78, 5) is 104. The molecule has 2 aliphatic heterocycles. The molecule has 8 rings (SSSR count). The van der Waals surface area contributed by atoms with Gasteiger partial charge in [-0.25, -0.2) is 4.98 Å². The van der Waals surface area contributed by atoms with Crippen LogP contribution in [0.1, 0.15) is 98.0 Å². The average Bonchev–Trinajstić information content (AvgIpc) is 4.22. The molecule has 396 valence electrons. The van der Waals surface area contributed by atoms with E-state index in [0.717, 1.165) is 30.5 Å². The SMILES string of the molecule is C=CCOC(=O)C[C@@H](CCCCNC)C(=O)Nc1ccc2c(ccn2C(=O)c2cc(NC(=O)c3cc(CC(=O)c4nc(NC(=O)CCCOc5cc6c(cc5C)C(=O)N5CC(=C)C[C@H]5C=N6)cn4C)cn3C)cn2C)c1. The highest BCUT2D eigenvalue weighted by Crippen LogP contribution is 2.35. The minimum atomic E-state index is -0.590. The number of aliphatic imine (C=N–C) groups is 1. The number of aryl methyl sites for hydroxylation is 4. The van der Waals surface area contributed by atoms with Crippen molar-refractivity contribution in [2.75, 3.05) is 49.3 Å². The largest absolute Gasteiger partial charge is 0.493 e. The number of Topliss-reactive ketones (excluding diaryl/α,β-unsaturated/α-hetero) is 1. The molecule has 4 aromatic heterocycles. The van der Waals surface area contributed by atoms with Crippen molar-refractivity contribution in [3.63, 3.8) is 0 Å². The normalized spacial score (nSPS) is 14.2. The number of ether oxygens (including phenoxy) is 2. The molecule has 0 saturated carbocycles. The Kier molecular flexibility index (Phi) is 16.7. The van der Waals surface area contributed by atoms with E-state index in [1.807, 2.05) is 14.0 Å². The first-order valence-corrected chi connectivity index (χ1v) is 25.2. The Morgan fingerprint density at radius 1 is 0.895 bits per heavy atom. The summed E-state index contributed by atoms with van der Waals surface area (Å²) in [6.07, 6.45) is 13.0. The van der Waals surface area contributed by atoms with Crippen LogP contribution in [0.3, 0.4) is 0 Å². The number of fused-ring (bicyclic) bond motifs is 3. The summed E-state index contributed by atoms with van der Waals surface area (Å²) in [6.45, 7) is 11.1. The van der Waals surface area contributed by atoms with Gasteiger partial charge in [0.2, 0.25) is 17.6 Å². The molecule has 76 heavy (non-hydrogen) atoms. The maximum atomic E-state index is 14.0. The lowest BCUT2D eigenvalue weighted by Crippen LogP contribution is -2.35. The van der Waals surface area contributed by atoms with Gasteiger partial charge in [0.05, 0.1) is 41.5 Å². The number of carbonyl (C=O) groups excluding carboxylic acids is 7. The van der Waals surface area contributed by atoms with Crippen molar-refractivity contribution in [1.29, 1.82) is 0 Å². The van der Waals surface area contributed by atoms with E-state index >= 15 is 0 Å². The summed E-state index contributed by atoms with van der Waals surface area (Å²) in [7, 11) is 6.90. The maximum Gasteiger partial charge on any atom is 0.306 e. The van der Waals surface area contributed by atoms with Crippen LogP contribution in [-0.2, 0) is 46.7 Å². The summed E-state index contributed by atoms with van der Waals surface area (Å²) in [6, 6.07) is 13.6. The van der Waals surface area contributed by atoms with Gasteiger partial charge in [0.1, 0.15) is 23.7 Å². The zero-order chi connectivity index (χ0) is 54.2. The second-order valence-electron chi connectivity index (χ2n) is 19.3. The number of anilines is 3. The zero-order valence-electron chi connectivity index (χ0n) is 43.4. The van der Waals surface area contributed by atoms with Gasteiger partial charge in [0.15, 0.2) is 11.6 Å². The fraction of sp³-hybridized carbons (Fsp3) is 0.339. The van der Waals surface area contributed by atoms with Crippen LogP contribution in [-0.4, -0.2) is 115 Å². The molecule has 0 spiro atoms. The fourth-order valence-corrected chi connectivity index (χ4v) is 9.48. The topological polar surface area (TPSA) is 234 Å². The van der Waals surface area contributed by atoms with Crippen molar-refractivity contribution in [3.05, 3.63) is 132 Å². The van der Waals surface area contributed by atoms with E-state index < -0.39 is 17.8 Å². The Bertz CT molecular complexity index is 3300. The number of rotatable bonds is 23. The van der Waals surface area contributed by atoms with Gasteiger partial charge in [-0.15, -0.1) is 0 Å². The zero-order valence-corrected chi connectivity index (χ0v) is 43.4. The van der Waals surface area contributed by atoms with Gasteiger partial charge in [-0.3, -0.25) is 43.1 Å². The van der Waals surface area contributed by atoms with Crippen molar-refractivity contribution < 1.29 is 43.0 Å². The molecule has 20 nitrogen and oxygen atoms in total. The van der Waals surface area contributed by atoms with Crippen molar-refractivity contribution in [2.24, 2.45) is 32.1 Å². The fourth-order valence-electron chi connectivity index (χ4n) is 9.48. The van der Waals surface area contributed by atoms with E-state index in [-0.39, 0.29) is 85.3 Å². The molecule has 4 N–H and O–H groups in total. The number of imidazole rings is 1. The molecule has 6 heterocycles. The second-order valence-corrected chi connectivity index (χ2v) is 19.3. The second kappa shape index (κ2) is 23.7. The summed E-state index contributed by atoms with van der Waals surface area (Å²) in [5.74, 6) is -1.97. The smallest absolute Gasteiger partial charge is 0.306 e. The van der Waals surface area contributed by atoms with E-state index in [9.17, 15) is 33.6 Å². The maximum absolute atomic E-state index is 14.0. The first-order valence-electron chi connectivity index (χ1n) is 25.2. The van der Waals surface area contributed by atoms with Crippen LogP contribution in [0.15, 0.2) is 103 Å². The highest BCUT2D eigenvalue weighted by molar-refractivity contribution is 6.07. The summed E-state index contributed by atoms with van der Waals surface area (Å²) in [5.41, 5.74) is 5.47. The molecule has 0 aliphatic carbocycles. The third-order valence-corrected chi connectivity index (χ3v) is 13.4. The van der Waals surface area contributed by atoms with Gasteiger partial charge in [-0.05, 0) is 99.8 Å². The molecule has 0 bridgehead atoms. The van der Waals surface area contributed by atoms with E-state index in [2.05, 4.69) is 44.4 Å². The lowest BCUT2D eigenvalue weighted by molar-refractivity contribution is -0.145. The lowest BCUT2D eigenvalue weighted by atomic mass is 9.97. The van der Waals surface area contributed by atoms with Gasteiger partial charge in [0.25, 0.3) is 17.7 Å². The average molecular weight is 1030 g/mol. The molecule has 0 unspecified atom stereocenters. The quantitative estimate of drug-likeness (QED) is 0.0219. The number of ketones is 1. The van der Waals surface area contributed by atoms with Gasteiger partial charge in [-0.2, -0.15) is 0 Å². The molecular weight excluding hydrogens is 971 g/mol. The molecule has 2 aromatic carbocycles. The van der Waals surface area contributed by atoms with Crippen LogP contribution in [0.2, 0.25) is 0 Å². The molecule has 2 aliphatic rings. The molecule has 2 atom stereocenters.